The Morgan fingerprint density at radius 1 is 1.00 bits per heavy atom. The van der Waals surface area contributed by atoms with E-state index in [0.717, 1.165) is 11.1 Å². The fourth-order valence-corrected chi connectivity index (χ4v) is 7.68. The summed E-state index contributed by atoms with van der Waals surface area (Å²) in [6.45, 7) is 1.97. The van der Waals surface area contributed by atoms with E-state index in [4.69, 9.17) is 9.47 Å². The molecule has 3 fully saturated rings. The molecular formula is C35H37F4N5O5. The predicted octanol–water partition coefficient (Wildman–Crippen LogP) is 4.01. The molecule has 4 aliphatic heterocycles. The van der Waals surface area contributed by atoms with Crippen LogP contribution in [0.4, 0.5) is 17.6 Å². The number of fused-ring (bicyclic) bond motifs is 2. The van der Waals surface area contributed by atoms with Crippen molar-refractivity contribution < 1.29 is 41.4 Å². The van der Waals surface area contributed by atoms with Gasteiger partial charge in [-0.15, -0.1) is 0 Å². The second-order valence-corrected chi connectivity index (χ2v) is 13.5. The minimum Gasteiger partial charge on any atom is -0.489 e. The van der Waals surface area contributed by atoms with E-state index in [0.29, 0.717) is 61.6 Å². The average Bonchev–Trinajstić information content (AvgIpc) is 3.74. The van der Waals surface area contributed by atoms with Crippen molar-refractivity contribution in [2.45, 2.75) is 56.6 Å². The molecule has 1 unspecified atom stereocenters. The lowest BCUT2D eigenvalue weighted by Crippen LogP contribution is -2.52. The molecule has 0 radical (unpaired) electrons. The van der Waals surface area contributed by atoms with Gasteiger partial charge in [0, 0.05) is 74.7 Å². The van der Waals surface area contributed by atoms with Crippen molar-refractivity contribution in [1.29, 1.82) is 0 Å². The van der Waals surface area contributed by atoms with Gasteiger partial charge in [0.05, 0.1) is 13.2 Å². The number of hydrogen-bond donors (Lipinski definition) is 1. The number of nitrogens with zero attached hydrogens (tertiary/aromatic N) is 4. The van der Waals surface area contributed by atoms with Crippen LogP contribution < -0.4 is 10.1 Å². The van der Waals surface area contributed by atoms with Gasteiger partial charge in [-0.1, -0.05) is 6.07 Å². The summed E-state index contributed by atoms with van der Waals surface area (Å²) in [6, 6.07) is 11.5. The quantitative estimate of drug-likeness (QED) is 0.267. The van der Waals surface area contributed by atoms with Gasteiger partial charge in [-0.2, -0.15) is 13.2 Å². The summed E-state index contributed by atoms with van der Waals surface area (Å²) in [7, 11) is 1.63. The van der Waals surface area contributed by atoms with Gasteiger partial charge in [-0.3, -0.25) is 29.5 Å². The molecule has 3 aromatic rings. The number of benzene rings is 2. The number of amides is 3. The third-order valence-electron chi connectivity index (χ3n) is 9.95. The first kappa shape index (κ1) is 33.4. The van der Waals surface area contributed by atoms with E-state index in [2.05, 4.69) is 15.2 Å². The van der Waals surface area contributed by atoms with E-state index in [1.54, 1.807) is 31.4 Å². The highest BCUT2D eigenvalue weighted by atomic mass is 19.4. The van der Waals surface area contributed by atoms with Crippen molar-refractivity contribution in [3.05, 3.63) is 70.7 Å². The Morgan fingerprint density at radius 3 is 2.61 bits per heavy atom. The second-order valence-electron chi connectivity index (χ2n) is 13.5. The maximum Gasteiger partial charge on any atom is 0.401 e. The molecule has 14 heteroatoms. The molecule has 4 aliphatic rings. The summed E-state index contributed by atoms with van der Waals surface area (Å²) >= 11 is 0. The van der Waals surface area contributed by atoms with E-state index < -0.39 is 30.5 Å². The van der Waals surface area contributed by atoms with Crippen molar-refractivity contribution in [3.8, 4) is 5.75 Å². The van der Waals surface area contributed by atoms with Gasteiger partial charge >= 0.3 is 6.18 Å². The summed E-state index contributed by atoms with van der Waals surface area (Å²) < 4.78 is 65.9. The zero-order chi connectivity index (χ0) is 34.4. The monoisotopic (exact) mass is 683 g/mol. The van der Waals surface area contributed by atoms with Gasteiger partial charge in [0.1, 0.15) is 29.2 Å². The maximum absolute atomic E-state index is 15.4. The Bertz CT molecular complexity index is 1790. The predicted molar refractivity (Wildman–Crippen MR) is 169 cm³/mol. The third-order valence-corrected chi connectivity index (χ3v) is 9.95. The molecule has 260 valence electrons. The standard InChI is InChI=1S/C35H37F4N5O5/c1-48-18-24-15-43(13-20-10-21-2-5-28(40-32(21)27(36)11-20)22-8-9-42(14-22)19-35(37,38)39)17-30(24)49-25-3-4-26-23(12-25)16-44(34(26)47)29-6-7-31(45)41-33(29)46/h2-5,10-12,22,24,29-30H,6-9,13-19H2,1H3,(H,41,45,46)/t22?,24-,29-,30+/m0/s1. The van der Waals surface area contributed by atoms with Crippen molar-refractivity contribution in [2.24, 2.45) is 5.92 Å². The molecule has 0 bridgehead atoms. The van der Waals surface area contributed by atoms with E-state index in [9.17, 15) is 27.6 Å². The van der Waals surface area contributed by atoms with E-state index in [-0.39, 0.29) is 61.2 Å². The first-order chi connectivity index (χ1) is 23.4. The van der Waals surface area contributed by atoms with Crippen LogP contribution in [-0.4, -0.2) is 102 Å². The molecule has 4 atom stereocenters. The lowest BCUT2D eigenvalue weighted by Gasteiger charge is -2.29. The summed E-state index contributed by atoms with van der Waals surface area (Å²) in [4.78, 5) is 46.7. The molecular weight excluding hydrogens is 646 g/mol. The van der Waals surface area contributed by atoms with Crippen LogP contribution >= 0.6 is 0 Å². The number of aromatic nitrogens is 1. The Labute approximate surface area is 280 Å². The maximum atomic E-state index is 15.4. The molecule has 49 heavy (non-hydrogen) atoms. The first-order valence-electron chi connectivity index (χ1n) is 16.5. The van der Waals surface area contributed by atoms with Gasteiger partial charge < -0.3 is 14.4 Å². The number of carbonyl (C=O) groups is 3. The fraction of sp³-hybridized carbons (Fsp3) is 0.486. The molecule has 2 aromatic carbocycles. The number of nitrogens with one attached hydrogen (secondary N) is 1. The van der Waals surface area contributed by atoms with E-state index in [1.807, 2.05) is 12.1 Å². The number of halogens is 4. The minimum atomic E-state index is -4.26. The number of rotatable bonds is 9. The van der Waals surface area contributed by atoms with Gasteiger partial charge in [0.15, 0.2) is 0 Å². The first-order valence-corrected chi connectivity index (χ1v) is 16.5. The highest BCUT2D eigenvalue weighted by Crippen LogP contribution is 2.34. The van der Waals surface area contributed by atoms with Crippen molar-refractivity contribution >= 4 is 28.6 Å². The van der Waals surface area contributed by atoms with Crippen LogP contribution in [0.25, 0.3) is 10.9 Å². The lowest BCUT2D eigenvalue weighted by molar-refractivity contribution is -0.143. The second kappa shape index (κ2) is 13.3. The molecule has 1 N–H and O–H groups in total. The molecule has 0 aliphatic carbocycles. The molecule has 1 aromatic heterocycles. The number of carbonyl (C=O) groups excluding carboxylic acids is 3. The minimum absolute atomic E-state index is 0.0257. The number of methoxy groups -OCH3 is 1. The molecule has 0 saturated carbocycles. The Balaban J connectivity index is 1.01. The number of pyridine rings is 1. The van der Waals surface area contributed by atoms with Crippen molar-refractivity contribution in [2.75, 3.05) is 46.4 Å². The zero-order valence-electron chi connectivity index (χ0n) is 27.0. The normalized spacial score (nSPS) is 25.0. The highest BCUT2D eigenvalue weighted by molar-refractivity contribution is 6.05. The summed E-state index contributed by atoms with van der Waals surface area (Å²) in [5.74, 6) is -1.08. The number of piperidine rings is 1. The number of hydrogen-bond acceptors (Lipinski definition) is 8. The van der Waals surface area contributed by atoms with E-state index in [1.165, 1.54) is 15.9 Å². The van der Waals surface area contributed by atoms with Crippen molar-refractivity contribution in [3.63, 3.8) is 0 Å². The molecule has 10 nitrogen and oxygen atoms in total. The van der Waals surface area contributed by atoms with Gasteiger partial charge in [-0.05, 0) is 66.9 Å². The van der Waals surface area contributed by atoms with Crippen LogP contribution in [-0.2, 0) is 27.4 Å². The molecule has 0 spiro atoms. The number of imide groups is 1. The largest absolute Gasteiger partial charge is 0.489 e. The topological polar surface area (TPSA) is 104 Å². The SMILES string of the molecule is COC[C@@H]1CN(Cc2cc(F)c3nc(C4CCN(CC(F)(F)F)C4)ccc3c2)C[C@H]1Oc1ccc2c(c1)CN([C@H]1CCC(=O)NC1=O)C2=O. The molecule has 7 rings (SSSR count). The van der Waals surface area contributed by atoms with Gasteiger partial charge in [-0.25, -0.2) is 9.37 Å². The number of alkyl halides is 3. The number of likely N-dealkylation sites (tertiary alicyclic amines) is 2. The van der Waals surface area contributed by atoms with Crippen LogP contribution in [0.1, 0.15) is 52.4 Å². The number of ether oxygens (including phenoxy) is 2. The zero-order valence-corrected chi connectivity index (χ0v) is 27.0. The Hall–Kier alpha value is -4.14. The van der Waals surface area contributed by atoms with Crippen molar-refractivity contribution in [1.82, 2.24) is 25.0 Å². The lowest BCUT2D eigenvalue weighted by atomic mass is 10.0. The smallest absolute Gasteiger partial charge is 0.401 e. The van der Waals surface area contributed by atoms with E-state index >= 15 is 4.39 Å². The van der Waals surface area contributed by atoms with Crippen LogP contribution in [0.15, 0.2) is 42.5 Å². The summed E-state index contributed by atoms with van der Waals surface area (Å²) in [6.07, 6.45) is -3.48. The van der Waals surface area contributed by atoms with Crippen LogP contribution in [0.2, 0.25) is 0 Å². The van der Waals surface area contributed by atoms with Crippen LogP contribution in [0, 0.1) is 11.7 Å². The van der Waals surface area contributed by atoms with Crippen LogP contribution in [0.5, 0.6) is 5.75 Å². The third kappa shape index (κ3) is 7.12. The van der Waals surface area contributed by atoms with Gasteiger partial charge in [0.25, 0.3) is 5.91 Å². The molecule has 5 heterocycles. The Morgan fingerprint density at radius 2 is 1.84 bits per heavy atom. The molecule has 3 amide bonds. The van der Waals surface area contributed by atoms with Gasteiger partial charge in [0.2, 0.25) is 11.8 Å². The average molecular weight is 684 g/mol. The highest BCUT2D eigenvalue weighted by Gasteiger charge is 2.40. The fourth-order valence-electron chi connectivity index (χ4n) is 7.68. The van der Waals surface area contributed by atoms with Crippen LogP contribution in [0.3, 0.4) is 0 Å². The summed E-state index contributed by atoms with van der Waals surface area (Å²) in [5, 5.41) is 2.94. The Kier molecular flexibility index (Phi) is 9.05. The summed E-state index contributed by atoms with van der Waals surface area (Å²) in [5.41, 5.74) is 2.83. The molecule has 3 saturated heterocycles.